The van der Waals surface area contributed by atoms with Gasteiger partial charge in [-0.3, -0.25) is 9.59 Å². The van der Waals surface area contributed by atoms with Gasteiger partial charge in [-0.05, 0) is 24.6 Å². The van der Waals surface area contributed by atoms with Crippen molar-refractivity contribution in [2.45, 2.75) is 38.4 Å². The maximum atomic E-state index is 13.3. The number of hydrogen-bond donors (Lipinski definition) is 3. The number of urea groups is 1. The molecule has 0 unspecified atom stereocenters. The van der Waals surface area contributed by atoms with Gasteiger partial charge in [0.1, 0.15) is 6.04 Å². The Morgan fingerprint density at radius 1 is 1.25 bits per heavy atom. The number of carbonyl (C=O) groups is 3. The van der Waals surface area contributed by atoms with Crippen molar-refractivity contribution < 1.29 is 22.8 Å². The fourth-order valence-electron chi connectivity index (χ4n) is 4.01. The van der Waals surface area contributed by atoms with Crippen molar-refractivity contribution in [1.29, 1.82) is 0 Å². The third kappa shape index (κ3) is 5.90. The summed E-state index contributed by atoms with van der Waals surface area (Å²) in [7, 11) is -3.44. The van der Waals surface area contributed by atoms with Crippen LogP contribution in [0.15, 0.2) is 24.3 Å². The van der Waals surface area contributed by atoms with Gasteiger partial charge in [-0.1, -0.05) is 31.5 Å². The molecule has 12 heteroatoms. The Morgan fingerprint density at radius 3 is 2.59 bits per heavy atom. The second kappa shape index (κ2) is 9.63. The summed E-state index contributed by atoms with van der Waals surface area (Å²) in [6.07, 6.45) is 1.46. The van der Waals surface area contributed by atoms with Crippen molar-refractivity contribution in [2.75, 3.05) is 31.2 Å². The first kappa shape index (κ1) is 24.3. The molecule has 2 aliphatic heterocycles. The van der Waals surface area contributed by atoms with E-state index in [9.17, 15) is 22.8 Å². The fourth-order valence-corrected chi connectivity index (χ4v) is 4.98. The number of sulfonamides is 1. The molecule has 0 radical (unpaired) electrons. The maximum absolute atomic E-state index is 13.3. The number of hydrogen-bond acceptors (Lipinski definition) is 5. The lowest BCUT2D eigenvalue weighted by Gasteiger charge is -2.42. The van der Waals surface area contributed by atoms with Gasteiger partial charge in [0.2, 0.25) is 21.8 Å². The average Bonchev–Trinajstić information content (AvgIpc) is 3.07. The van der Waals surface area contributed by atoms with Gasteiger partial charge >= 0.3 is 6.03 Å². The molecule has 1 aromatic carbocycles. The lowest BCUT2D eigenvalue weighted by atomic mass is 10.1. The third-order valence-electron chi connectivity index (χ3n) is 5.48. The van der Waals surface area contributed by atoms with E-state index in [1.54, 1.807) is 43.0 Å². The normalized spacial score (nSPS) is 23.3. The molecule has 10 nitrogen and oxygen atoms in total. The van der Waals surface area contributed by atoms with E-state index in [-0.39, 0.29) is 43.4 Å². The number of carbonyl (C=O) groups excluding carboxylic acids is 3. The molecular weight excluding hydrogens is 458 g/mol. The van der Waals surface area contributed by atoms with Gasteiger partial charge < -0.3 is 20.4 Å². The molecule has 176 valence electrons. The summed E-state index contributed by atoms with van der Waals surface area (Å²) in [6.45, 7) is 3.86. The molecule has 0 saturated carbocycles. The predicted octanol–water partition coefficient (Wildman–Crippen LogP) is 0.847. The number of halogens is 1. The molecule has 4 amide bonds. The van der Waals surface area contributed by atoms with Crippen molar-refractivity contribution in [1.82, 2.24) is 19.8 Å². The fraction of sp³-hybridized carbons (Fsp3) is 0.550. The molecule has 2 aliphatic rings. The first-order valence-corrected chi connectivity index (χ1v) is 12.6. The van der Waals surface area contributed by atoms with Gasteiger partial charge in [0.15, 0.2) is 0 Å². The Labute approximate surface area is 192 Å². The molecule has 3 N–H and O–H groups in total. The quantitative estimate of drug-likeness (QED) is 0.550. The van der Waals surface area contributed by atoms with E-state index in [1.165, 1.54) is 4.90 Å². The molecular formula is C20H28ClN5O5S. The van der Waals surface area contributed by atoms with E-state index >= 15 is 0 Å². The van der Waals surface area contributed by atoms with Crippen LogP contribution in [0.1, 0.15) is 20.3 Å². The SMILES string of the molecule is CC(C)C(=O)NC[C@H]1C(=O)N2C[C@@H](NS(C)(=O)=O)C[C@H]2CN1C(=O)Nc1cccc(Cl)c1. The zero-order chi connectivity index (χ0) is 23.6. The van der Waals surface area contributed by atoms with Gasteiger partial charge in [0, 0.05) is 42.3 Å². The van der Waals surface area contributed by atoms with Crippen molar-refractivity contribution in [3.05, 3.63) is 29.3 Å². The molecule has 3 atom stereocenters. The van der Waals surface area contributed by atoms with E-state index < -0.39 is 28.1 Å². The summed E-state index contributed by atoms with van der Waals surface area (Å²) in [6, 6.07) is 4.48. The molecule has 0 spiro atoms. The molecule has 2 saturated heterocycles. The Balaban J connectivity index is 1.80. The minimum absolute atomic E-state index is 0.0355. The van der Waals surface area contributed by atoms with Crippen LogP contribution in [0.25, 0.3) is 0 Å². The second-order valence-corrected chi connectivity index (χ2v) is 10.7. The topological polar surface area (TPSA) is 128 Å². The van der Waals surface area contributed by atoms with Crippen LogP contribution < -0.4 is 15.4 Å². The average molecular weight is 486 g/mol. The Morgan fingerprint density at radius 2 is 1.97 bits per heavy atom. The summed E-state index contributed by atoms with van der Waals surface area (Å²) in [5.41, 5.74) is 0.477. The Bertz CT molecular complexity index is 1000. The maximum Gasteiger partial charge on any atom is 0.322 e. The van der Waals surface area contributed by atoms with Crippen LogP contribution in [-0.4, -0.2) is 80.1 Å². The van der Waals surface area contributed by atoms with Gasteiger partial charge in [-0.2, -0.15) is 0 Å². The molecule has 32 heavy (non-hydrogen) atoms. The van der Waals surface area contributed by atoms with E-state index in [4.69, 9.17) is 11.6 Å². The van der Waals surface area contributed by atoms with Gasteiger partial charge in [0.25, 0.3) is 0 Å². The Hall–Kier alpha value is -2.37. The van der Waals surface area contributed by atoms with Gasteiger partial charge in [-0.15, -0.1) is 0 Å². The number of rotatable bonds is 6. The highest BCUT2D eigenvalue weighted by atomic mass is 35.5. The van der Waals surface area contributed by atoms with Crippen LogP contribution in [0.5, 0.6) is 0 Å². The number of fused-ring (bicyclic) bond motifs is 1. The Kier molecular flexibility index (Phi) is 7.31. The van der Waals surface area contributed by atoms with E-state index in [2.05, 4.69) is 15.4 Å². The summed E-state index contributed by atoms with van der Waals surface area (Å²) >= 11 is 5.99. The monoisotopic (exact) mass is 485 g/mol. The van der Waals surface area contributed by atoms with Crippen LogP contribution >= 0.6 is 11.6 Å². The smallest absolute Gasteiger partial charge is 0.322 e. The molecule has 0 aliphatic carbocycles. The highest BCUT2D eigenvalue weighted by Gasteiger charge is 2.47. The van der Waals surface area contributed by atoms with Crippen molar-refractivity contribution in [2.24, 2.45) is 5.92 Å². The molecule has 1 aromatic rings. The lowest BCUT2D eigenvalue weighted by molar-refractivity contribution is -0.141. The zero-order valence-corrected chi connectivity index (χ0v) is 19.7. The molecule has 0 aromatic heterocycles. The highest BCUT2D eigenvalue weighted by molar-refractivity contribution is 7.88. The lowest BCUT2D eigenvalue weighted by Crippen LogP contribution is -2.64. The largest absolute Gasteiger partial charge is 0.353 e. The molecule has 0 bridgehead atoms. The van der Waals surface area contributed by atoms with Crippen LogP contribution in [0.2, 0.25) is 5.02 Å². The van der Waals surface area contributed by atoms with E-state index in [0.717, 1.165) is 6.26 Å². The number of piperazine rings is 1. The predicted molar refractivity (Wildman–Crippen MR) is 121 cm³/mol. The number of amides is 4. The highest BCUT2D eigenvalue weighted by Crippen LogP contribution is 2.27. The van der Waals surface area contributed by atoms with Crippen molar-refractivity contribution in [3.63, 3.8) is 0 Å². The number of anilines is 1. The number of nitrogens with zero attached hydrogens (tertiary/aromatic N) is 2. The van der Waals surface area contributed by atoms with Crippen LogP contribution in [0, 0.1) is 5.92 Å². The molecule has 3 rings (SSSR count). The molecule has 2 fully saturated rings. The summed E-state index contributed by atoms with van der Waals surface area (Å²) in [5.74, 6) is -0.831. The standard InChI is InChI=1S/C20H28ClN5O5S/c1-12(2)18(27)22-9-17-19(28)25-10-15(24-32(3,30)31)8-16(25)11-26(17)20(29)23-14-6-4-5-13(21)7-14/h4-7,12,15-17,24H,8-11H2,1-3H3,(H,22,27)(H,23,29)/t15-,16-,17-/m0/s1. The third-order valence-corrected chi connectivity index (χ3v) is 6.47. The first-order chi connectivity index (χ1) is 14.9. The van der Waals surface area contributed by atoms with Crippen LogP contribution in [-0.2, 0) is 19.6 Å². The number of nitrogens with one attached hydrogen (secondary N) is 3. The van der Waals surface area contributed by atoms with Crippen molar-refractivity contribution >= 4 is 45.2 Å². The van der Waals surface area contributed by atoms with Gasteiger partial charge in [-0.25, -0.2) is 17.9 Å². The minimum Gasteiger partial charge on any atom is -0.353 e. The summed E-state index contributed by atoms with van der Waals surface area (Å²) in [5, 5.41) is 5.93. The van der Waals surface area contributed by atoms with Crippen molar-refractivity contribution in [3.8, 4) is 0 Å². The summed E-state index contributed by atoms with van der Waals surface area (Å²) in [4.78, 5) is 41.4. The van der Waals surface area contributed by atoms with E-state index in [0.29, 0.717) is 17.1 Å². The van der Waals surface area contributed by atoms with Crippen LogP contribution in [0.3, 0.4) is 0 Å². The van der Waals surface area contributed by atoms with E-state index in [1.807, 2.05) is 0 Å². The second-order valence-electron chi connectivity index (χ2n) is 8.48. The molecule has 2 heterocycles. The number of benzene rings is 1. The van der Waals surface area contributed by atoms with Gasteiger partial charge in [0.05, 0.1) is 12.3 Å². The zero-order valence-electron chi connectivity index (χ0n) is 18.2. The van der Waals surface area contributed by atoms with Crippen LogP contribution in [0.4, 0.5) is 10.5 Å². The first-order valence-electron chi connectivity index (χ1n) is 10.3. The summed E-state index contributed by atoms with van der Waals surface area (Å²) < 4.78 is 25.8. The minimum atomic E-state index is -3.44.